The van der Waals surface area contributed by atoms with Gasteiger partial charge in [-0.1, -0.05) is 30.3 Å². The van der Waals surface area contributed by atoms with E-state index in [0.717, 1.165) is 11.1 Å². The number of benzene rings is 1. The van der Waals surface area contributed by atoms with Crippen LogP contribution in [0.1, 0.15) is 0 Å². The third kappa shape index (κ3) is 1.70. The lowest BCUT2D eigenvalue weighted by Gasteiger charge is -2.00. The number of aromatic nitrogens is 2. The van der Waals surface area contributed by atoms with Crippen LogP contribution in [0.25, 0.3) is 11.1 Å². The van der Waals surface area contributed by atoms with Crippen molar-refractivity contribution in [1.29, 1.82) is 0 Å². The normalized spacial score (nSPS) is 9.79. The minimum Gasteiger partial charge on any atom is -0.288 e. The Bertz CT molecular complexity index is 399. The molecule has 2 aromatic rings. The summed E-state index contributed by atoms with van der Waals surface area (Å²) in [5.41, 5.74) is 3.86. The minimum atomic E-state index is 0.199. The van der Waals surface area contributed by atoms with Gasteiger partial charge < -0.3 is 0 Å². The lowest BCUT2D eigenvalue weighted by Crippen LogP contribution is -1.95. The fourth-order valence-electron chi connectivity index (χ4n) is 1.17. The number of rotatable bonds is 2. The number of nitrogens with one attached hydrogen (secondary N) is 1. The summed E-state index contributed by atoms with van der Waals surface area (Å²) in [5.74, 6) is 0.199. The molecule has 1 aromatic heterocycles. The highest BCUT2D eigenvalue weighted by Gasteiger charge is 1.97. The zero-order chi connectivity index (χ0) is 9.80. The van der Waals surface area contributed by atoms with Gasteiger partial charge in [0.15, 0.2) is 0 Å². The van der Waals surface area contributed by atoms with Gasteiger partial charge in [-0.05, 0) is 5.56 Å². The van der Waals surface area contributed by atoms with Gasteiger partial charge >= 0.3 is 0 Å². The van der Waals surface area contributed by atoms with Crippen molar-refractivity contribution >= 4 is 5.95 Å². The van der Waals surface area contributed by atoms with Gasteiger partial charge in [-0.2, -0.15) is 0 Å². The molecule has 2 rings (SSSR count). The molecule has 0 amide bonds. The average molecular weight is 187 g/mol. The number of anilines is 1. The Morgan fingerprint density at radius 2 is 1.57 bits per heavy atom. The van der Waals surface area contributed by atoms with Crippen LogP contribution < -0.4 is 5.48 Å². The van der Waals surface area contributed by atoms with Gasteiger partial charge in [-0.25, -0.2) is 15.4 Å². The van der Waals surface area contributed by atoms with Crippen LogP contribution in [0.2, 0.25) is 0 Å². The Kier molecular flexibility index (Phi) is 2.38. The summed E-state index contributed by atoms with van der Waals surface area (Å²) in [4.78, 5) is 7.80. The Morgan fingerprint density at radius 1 is 0.929 bits per heavy atom. The van der Waals surface area contributed by atoms with Gasteiger partial charge in [0.2, 0.25) is 5.95 Å². The van der Waals surface area contributed by atoms with Crippen molar-refractivity contribution in [2.24, 2.45) is 0 Å². The molecule has 1 aromatic carbocycles. The Hall–Kier alpha value is -1.94. The molecule has 0 aliphatic rings. The van der Waals surface area contributed by atoms with Gasteiger partial charge in [-0.15, -0.1) is 0 Å². The predicted octanol–water partition coefficient (Wildman–Crippen LogP) is 1.94. The Balaban J connectivity index is 2.34. The van der Waals surface area contributed by atoms with Crippen molar-refractivity contribution in [3.05, 3.63) is 42.7 Å². The van der Waals surface area contributed by atoms with E-state index >= 15 is 0 Å². The van der Waals surface area contributed by atoms with Crippen molar-refractivity contribution in [3.8, 4) is 11.1 Å². The first kappa shape index (κ1) is 8.65. The minimum absolute atomic E-state index is 0.199. The molecule has 0 saturated carbocycles. The second-order valence-corrected chi connectivity index (χ2v) is 2.77. The largest absolute Gasteiger partial charge is 0.288 e. The quantitative estimate of drug-likeness (QED) is 0.705. The van der Waals surface area contributed by atoms with E-state index in [-0.39, 0.29) is 5.95 Å². The van der Waals surface area contributed by atoms with E-state index in [9.17, 15) is 0 Å². The van der Waals surface area contributed by atoms with E-state index in [1.54, 1.807) is 12.4 Å². The molecule has 0 aliphatic carbocycles. The first-order valence-corrected chi connectivity index (χ1v) is 4.18. The first-order valence-electron chi connectivity index (χ1n) is 4.18. The molecule has 0 fully saturated rings. The van der Waals surface area contributed by atoms with E-state index < -0.39 is 0 Å². The molecule has 1 heterocycles. The van der Waals surface area contributed by atoms with Crippen molar-refractivity contribution in [1.82, 2.24) is 9.97 Å². The smallest absolute Gasteiger partial charge is 0.246 e. The van der Waals surface area contributed by atoms with Gasteiger partial charge in [0, 0.05) is 18.0 Å². The van der Waals surface area contributed by atoms with E-state index in [1.807, 2.05) is 35.8 Å². The zero-order valence-electron chi connectivity index (χ0n) is 7.38. The fraction of sp³-hybridized carbons (Fsp3) is 0. The maximum absolute atomic E-state index is 8.52. The molecular weight excluding hydrogens is 178 g/mol. The topological polar surface area (TPSA) is 58.0 Å². The second kappa shape index (κ2) is 3.85. The molecule has 0 bridgehead atoms. The standard InChI is InChI=1S/C10H9N3O/c14-13-10-11-6-9(7-12-10)8-4-2-1-3-5-8/h1-7,14H,(H,11,12,13). The van der Waals surface area contributed by atoms with Crippen LogP contribution in [0, 0.1) is 0 Å². The molecule has 0 saturated heterocycles. The van der Waals surface area contributed by atoms with Crippen LogP contribution >= 0.6 is 0 Å². The third-order valence-electron chi connectivity index (χ3n) is 1.86. The van der Waals surface area contributed by atoms with Crippen LogP contribution in [0.4, 0.5) is 5.95 Å². The molecule has 4 nitrogen and oxygen atoms in total. The van der Waals surface area contributed by atoms with E-state index in [4.69, 9.17) is 5.21 Å². The Morgan fingerprint density at radius 3 is 2.14 bits per heavy atom. The van der Waals surface area contributed by atoms with Gasteiger partial charge in [-0.3, -0.25) is 5.21 Å². The number of hydrogen-bond donors (Lipinski definition) is 2. The lowest BCUT2D eigenvalue weighted by molar-refractivity contribution is 0.382. The average Bonchev–Trinajstić information content (AvgIpc) is 2.30. The summed E-state index contributed by atoms with van der Waals surface area (Å²) in [6, 6.07) is 9.81. The summed E-state index contributed by atoms with van der Waals surface area (Å²) < 4.78 is 0. The van der Waals surface area contributed by atoms with Crippen molar-refractivity contribution in [2.75, 3.05) is 5.48 Å². The van der Waals surface area contributed by atoms with Crippen molar-refractivity contribution < 1.29 is 5.21 Å². The number of hydrogen-bond acceptors (Lipinski definition) is 4. The van der Waals surface area contributed by atoms with Gasteiger partial charge in [0.1, 0.15) is 0 Å². The third-order valence-corrected chi connectivity index (χ3v) is 1.86. The molecule has 0 spiro atoms. The SMILES string of the molecule is ONc1ncc(-c2ccccc2)cn1. The molecule has 0 atom stereocenters. The molecule has 4 heteroatoms. The molecule has 70 valence electrons. The highest BCUT2D eigenvalue weighted by atomic mass is 16.5. The van der Waals surface area contributed by atoms with Crippen molar-refractivity contribution in [2.45, 2.75) is 0 Å². The Labute approximate surface area is 81.2 Å². The van der Waals surface area contributed by atoms with Gasteiger partial charge in [0.25, 0.3) is 0 Å². The maximum atomic E-state index is 8.52. The monoisotopic (exact) mass is 187 g/mol. The second-order valence-electron chi connectivity index (χ2n) is 2.77. The fourth-order valence-corrected chi connectivity index (χ4v) is 1.17. The van der Waals surface area contributed by atoms with Crippen LogP contribution in [0.5, 0.6) is 0 Å². The highest BCUT2D eigenvalue weighted by Crippen LogP contribution is 2.16. The van der Waals surface area contributed by atoms with Crippen LogP contribution in [0.3, 0.4) is 0 Å². The van der Waals surface area contributed by atoms with E-state index in [2.05, 4.69) is 9.97 Å². The molecule has 14 heavy (non-hydrogen) atoms. The van der Waals surface area contributed by atoms with Gasteiger partial charge in [0.05, 0.1) is 0 Å². The predicted molar refractivity (Wildman–Crippen MR) is 52.9 cm³/mol. The van der Waals surface area contributed by atoms with Crippen LogP contribution in [-0.4, -0.2) is 15.2 Å². The van der Waals surface area contributed by atoms with Crippen LogP contribution in [0.15, 0.2) is 42.7 Å². The lowest BCUT2D eigenvalue weighted by atomic mass is 10.1. The first-order chi connectivity index (χ1) is 6.90. The molecular formula is C10H9N3O. The summed E-state index contributed by atoms with van der Waals surface area (Å²) in [7, 11) is 0. The molecule has 2 N–H and O–H groups in total. The molecule has 0 radical (unpaired) electrons. The summed E-state index contributed by atoms with van der Waals surface area (Å²) >= 11 is 0. The summed E-state index contributed by atoms with van der Waals surface area (Å²) in [5, 5.41) is 8.52. The van der Waals surface area contributed by atoms with E-state index in [0.29, 0.717) is 0 Å². The van der Waals surface area contributed by atoms with Crippen LogP contribution in [-0.2, 0) is 0 Å². The zero-order valence-corrected chi connectivity index (χ0v) is 7.38. The summed E-state index contributed by atoms with van der Waals surface area (Å²) in [6.45, 7) is 0. The number of nitrogens with zero attached hydrogens (tertiary/aromatic N) is 2. The molecule has 0 aliphatic heterocycles. The highest BCUT2D eigenvalue weighted by molar-refractivity contribution is 5.61. The maximum Gasteiger partial charge on any atom is 0.246 e. The van der Waals surface area contributed by atoms with Crippen molar-refractivity contribution in [3.63, 3.8) is 0 Å². The summed E-state index contributed by atoms with van der Waals surface area (Å²) in [6.07, 6.45) is 3.31. The van der Waals surface area contributed by atoms with E-state index in [1.165, 1.54) is 0 Å². The molecule has 0 unspecified atom stereocenters.